The number of unbranched alkanes of at least 4 members (excludes halogenated alkanes) is 38. The molecule has 9 nitrogen and oxygen atoms in total. The van der Waals surface area contributed by atoms with Gasteiger partial charge in [-0.15, -0.1) is 0 Å². The van der Waals surface area contributed by atoms with Crippen LogP contribution in [0.1, 0.15) is 310 Å². The van der Waals surface area contributed by atoms with Crippen molar-refractivity contribution in [2.75, 3.05) is 40.9 Å². The molecular formula is C64H123N2O7P. The first-order chi connectivity index (χ1) is 35.9. The molecule has 0 saturated carbocycles. The average Bonchev–Trinajstić information content (AvgIpc) is 3.36. The molecule has 1 amide bonds. The molecule has 0 aliphatic carbocycles. The number of allylic oxidation sites excluding steroid dienone is 5. The smallest absolute Gasteiger partial charge is 0.306 e. The highest BCUT2D eigenvalue weighted by Crippen LogP contribution is 2.38. The first-order valence-corrected chi connectivity index (χ1v) is 33.3. The van der Waals surface area contributed by atoms with Crippen molar-refractivity contribution >= 4 is 19.7 Å². The topological polar surface area (TPSA) is 114 Å². The number of ether oxygens (including phenoxy) is 1. The van der Waals surface area contributed by atoms with Gasteiger partial charge in [0.15, 0.2) is 0 Å². The Morgan fingerprint density at radius 1 is 0.459 bits per heavy atom. The summed E-state index contributed by atoms with van der Waals surface area (Å²) in [7, 11) is 1.19. The molecule has 436 valence electrons. The van der Waals surface area contributed by atoms with Gasteiger partial charge in [-0.05, 0) is 76.7 Å². The van der Waals surface area contributed by atoms with Crippen LogP contribution >= 0.6 is 7.82 Å². The first-order valence-electron chi connectivity index (χ1n) is 31.8. The maximum Gasteiger partial charge on any atom is 0.306 e. The molecule has 1 N–H and O–H groups in total. The number of nitrogens with one attached hydrogen (secondary N) is 1. The van der Waals surface area contributed by atoms with Gasteiger partial charge in [-0.1, -0.05) is 257 Å². The van der Waals surface area contributed by atoms with Crippen LogP contribution in [0.5, 0.6) is 0 Å². The molecule has 0 heterocycles. The Kier molecular flexibility index (Phi) is 53.3. The van der Waals surface area contributed by atoms with E-state index in [4.69, 9.17) is 13.8 Å². The molecule has 0 aromatic rings. The lowest BCUT2D eigenvalue weighted by molar-refractivity contribution is -0.870. The Balaban J connectivity index is 5.02. The van der Waals surface area contributed by atoms with Gasteiger partial charge in [-0.25, -0.2) is 0 Å². The molecule has 0 aromatic carbocycles. The van der Waals surface area contributed by atoms with Crippen molar-refractivity contribution < 1.29 is 37.3 Å². The van der Waals surface area contributed by atoms with Crippen LogP contribution in [0, 0.1) is 0 Å². The molecule has 0 aliphatic rings. The lowest BCUT2D eigenvalue weighted by Gasteiger charge is -2.30. The first kappa shape index (κ1) is 72.2. The van der Waals surface area contributed by atoms with Crippen LogP contribution in [0.25, 0.3) is 0 Å². The van der Waals surface area contributed by atoms with Gasteiger partial charge in [0, 0.05) is 12.8 Å². The van der Waals surface area contributed by atoms with Crippen LogP contribution in [0.15, 0.2) is 36.5 Å². The fourth-order valence-electron chi connectivity index (χ4n) is 9.32. The van der Waals surface area contributed by atoms with Crippen molar-refractivity contribution in [2.45, 2.75) is 322 Å². The molecule has 3 unspecified atom stereocenters. The second kappa shape index (κ2) is 54.6. The minimum absolute atomic E-state index is 0.0215. The zero-order chi connectivity index (χ0) is 54.3. The van der Waals surface area contributed by atoms with E-state index in [-0.39, 0.29) is 31.5 Å². The average molecular weight is 1060 g/mol. The number of carbonyl (C=O) groups is 2. The summed E-state index contributed by atoms with van der Waals surface area (Å²) >= 11 is 0. The van der Waals surface area contributed by atoms with Gasteiger partial charge in [0.05, 0.1) is 33.8 Å². The van der Waals surface area contributed by atoms with Crippen LogP contribution in [0.3, 0.4) is 0 Å². The Bertz CT molecular complexity index is 1360. The molecule has 0 fully saturated rings. The monoisotopic (exact) mass is 1060 g/mol. The summed E-state index contributed by atoms with van der Waals surface area (Å²) in [5.74, 6) is -0.541. The number of carbonyl (C=O) groups excluding carboxylic acids is 2. The zero-order valence-corrected chi connectivity index (χ0v) is 50.7. The fraction of sp³-hybridized carbons (Fsp3) is 0.875. The molecule has 3 atom stereocenters. The predicted octanol–water partition coefficient (Wildman–Crippen LogP) is 18.9. The normalized spacial score (nSPS) is 13.9. The van der Waals surface area contributed by atoms with Crippen molar-refractivity contribution in [3.63, 3.8) is 0 Å². The molecule has 0 aromatic heterocycles. The fourth-order valence-corrected chi connectivity index (χ4v) is 10.0. The maximum atomic E-state index is 13.5. The summed E-state index contributed by atoms with van der Waals surface area (Å²) < 4.78 is 30.3. The minimum Gasteiger partial charge on any atom is -0.756 e. The van der Waals surface area contributed by atoms with E-state index >= 15 is 0 Å². The van der Waals surface area contributed by atoms with Crippen molar-refractivity contribution in [3.8, 4) is 0 Å². The molecule has 0 spiro atoms. The second-order valence-corrected chi connectivity index (χ2v) is 24.3. The zero-order valence-electron chi connectivity index (χ0n) is 49.8. The molecular weight excluding hydrogens is 940 g/mol. The van der Waals surface area contributed by atoms with E-state index in [1.54, 1.807) is 0 Å². The lowest BCUT2D eigenvalue weighted by atomic mass is 10.0. The number of esters is 1. The van der Waals surface area contributed by atoms with Gasteiger partial charge in [0.25, 0.3) is 7.82 Å². The van der Waals surface area contributed by atoms with E-state index in [2.05, 4.69) is 50.4 Å². The van der Waals surface area contributed by atoms with E-state index < -0.39 is 20.0 Å². The Hall–Kier alpha value is -1.77. The Morgan fingerprint density at radius 2 is 0.797 bits per heavy atom. The molecule has 0 saturated heterocycles. The van der Waals surface area contributed by atoms with E-state index in [1.807, 2.05) is 33.3 Å². The van der Waals surface area contributed by atoms with Gasteiger partial charge >= 0.3 is 5.97 Å². The number of nitrogens with zero attached hydrogens (tertiary/aromatic N) is 1. The van der Waals surface area contributed by atoms with Crippen LogP contribution in [0.4, 0.5) is 0 Å². The molecule has 0 aliphatic heterocycles. The molecule has 0 radical (unpaired) electrons. The van der Waals surface area contributed by atoms with E-state index in [9.17, 15) is 19.0 Å². The molecule has 0 bridgehead atoms. The highest BCUT2D eigenvalue weighted by atomic mass is 31.2. The Morgan fingerprint density at radius 3 is 1.19 bits per heavy atom. The van der Waals surface area contributed by atoms with Crippen LogP contribution < -0.4 is 10.2 Å². The summed E-state index contributed by atoms with van der Waals surface area (Å²) in [5, 5.41) is 3.03. The third-order valence-electron chi connectivity index (χ3n) is 14.3. The largest absolute Gasteiger partial charge is 0.756 e. The number of hydrogen-bond acceptors (Lipinski definition) is 7. The lowest BCUT2D eigenvalue weighted by Crippen LogP contribution is -2.47. The van der Waals surface area contributed by atoms with Crippen molar-refractivity contribution in [1.29, 1.82) is 0 Å². The third-order valence-corrected chi connectivity index (χ3v) is 15.3. The molecule has 10 heteroatoms. The maximum absolute atomic E-state index is 13.5. The SMILES string of the molecule is CCCC/C=C\CCCCCCCC(=O)OC(/C=C\CCCCCCCCCCCC)C(COP(=O)([O-])OCC[N+](C)(C)C)NC(=O)CCCCCCCCCCCCCCCCC/C=C/CCCCCCCC. The van der Waals surface area contributed by atoms with Gasteiger partial charge in [0.1, 0.15) is 19.3 Å². The van der Waals surface area contributed by atoms with Gasteiger partial charge in [0.2, 0.25) is 5.91 Å². The third kappa shape index (κ3) is 55.0. The summed E-state index contributed by atoms with van der Waals surface area (Å²) in [5.41, 5.74) is 0. The van der Waals surface area contributed by atoms with Crippen molar-refractivity contribution in [3.05, 3.63) is 36.5 Å². The highest BCUT2D eigenvalue weighted by molar-refractivity contribution is 7.45. The highest BCUT2D eigenvalue weighted by Gasteiger charge is 2.27. The molecule has 74 heavy (non-hydrogen) atoms. The van der Waals surface area contributed by atoms with E-state index in [0.717, 1.165) is 83.5 Å². The van der Waals surface area contributed by atoms with Crippen LogP contribution in [0.2, 0.25) is 0 Å². The quantitative estimate of drug-likeness (QED) is 0.0212. The number of hydrogen-bond donors (Lipinski definition) is 1. The summed E-state index contributed by atoms with van der Waals surface area (Å²) in [6.07, 6.45) is 65.5. The van der Waals surface area contributed by atoms with Gasteiger partial charge < -0.3 is 28.5 Å². The number of phosphoric ester groups is 1. The summed E-state index contributed by atoms with van der Waals surface area (Å²) in [6.45, 7) is 6.82. The second-order valence-electron chi connectivity index (χ2n) is 22.9. The Labute approximate surface area is 459 Å². The number of rotatable bonds is 58. The van der Waals surface area contributed by atoms with E-state index in [1.165, 1.54) is 193 Å². The molecule has 0 rings (SSSR count). The predicted molar refractivity (Wildman–Crippen MR) is 316 cm³/mol. The van der Waals surface area contributed by atoms with Gasteiger partial charge in [-0.2, -0.15) is 0 Å². The van der Waals surface area contributed by atoms with Gasteiger partial charge in [-0.3, -0.25) is 14.2 Å². The number of likely N-dealkylation sites (N-methyl/N-ethyl adjacent to an activating group) is 1. The number of phosphoric acid groups is 1. The van der Waals surface area contributed by atoms with Crippen LogP contribution in [-0.4, -0.2) is 69.4 Å². The van der Waals surface area contributed by atoms with Crippen LogP contribution in [-0.2, 0) is 27.9 Å². The van der Waals surface area contributed by atoms with Crippen molar-refractivity contribution in [2.24, 2.45) is 0 Å². The number of amides is 1. The minimum atomic E-state index is -4.69. The summed E-state index contributed by atoms with van der Waals surface area (Å²) in [6, 6.07) is -0.887. The van der Waals surface area contributed by atoms with E-state index in [0.29, 0.717) is 17.4 Å². The summed E-state index contributed by atoms with van der Waals surface area (Å²) in [4.78, 5) is 39.9. The van der Waals surface area contributed by atoms with Crippen molar-refractivity contribution in [1.82, 2.24) is 5.32 Å². The standard InChI is InChI=1S/C64H123N2O7P/c1-7-10-13-16-19-22-25-27-28-29-30-31-32-33-34-35-36-37-38-39-42-44-47-50-53-56-63(67)65-61(60-72-74(69,70)71-59-58-66(4,5)6)62(55-52-49-46-43-41-26-23-20-17-14-11-8-2)73-64(68)57-54-51-48-45-40-24-21-18-15-12-9-3/h18,21,27-28,52,55,61-62H,7-17,19-20,22-26,29-51,53-54,56-60H2,1-6H3,(H-,65,67,69,70)/b21-18-,28-27+,55-52-. The number of quaternary nitrogens is 1.